The molecule has 1 aliphatic heterocycles. The number of carbonyl (C=O) groups excluding carboxylic acids is 2. The maximum absolute atomic E-state index is 11.0. The third-order valence-corrected chi connectivity index (χ3v) is 2.38. The Bertz CT molecular complexity index is 350. The molecule has 7 nitrogen and oxygen atoms in total. The highest BCUT2D eigenvalue weighted by atomic mass is 32.2. The minimum Gasteiger partial charge on any atom is -0.326 e. The number of hydrogen-bond donors (Lipinski definition) is 3. The smallest absolute Gasteiger partial charge is 0.322 e. The fraction of sp³-hybridized carbons (Fsp3) is 0.667. The lowest BCUT2D eigenvalue weighted by atomic mass is 10.2. The number of sulfonamides is 1. The molecule has 1 fully saturated rings. The van der Waals surface area contributed by atoms with Crippen LogP contribution in [-0.4, -0.2) is 39.2 Å². The third-order valence-electron chi connectivity index (χ3n) is 1.66. The first-order valence-corrected chi connectivity index (χ1v) is 5.83. The lowest BCUT2D eigenvalue weighted by Gasteiger charge is -2.06. The van der Waals surface area contributed by atoms with Gasteiger partial charge in [0.05, 0.1) is 6.26 Å². The molecule has 1 rings (SSSR count). The van der Waals surface area contributed by atoms with Crippen LogP contribution in [0.25, 0.3) is 0 Å². The normalized spacial score (nSPS) is 21.9. The van der Waals surface area contributed by atoms with Crippen LogP contribution in [0, 0.1) is 0 Å². The summed E-state index contributed by atoms with van der Waals surface area (Å²) >= 11 is 0. The zero-order chi connectivity index (χ0) is 10.8. The molecule has 14 heavy (non-hydrogen) atoms. The van der Waals surface area contributed by atoms with Gasteiger partial charge in [-0.25, -0.2) is 17.9 Å². The van der Waals surface area contributed by atoms with Crippen molar-refractivity contribution < 1.29 is 18.0 Å². The Hall–Kier alpha value is -1.15. The molecule has 0 aromatic rings. The molecule has 1 saturated heterocycles. The number of amides is 3. The molecule has 0 spiro atoms. The standard InChI is InChI=1S/C6H11N3O4S/c1-14(12,13)7-3-2-4-5(10)9-6(11)8-4/h4,7H,2-3H2,1H3,(H2,8,9,10,11). The van der Waals surface area contributed by atoms with E-state index in [0.717, 1.165) is 6.26 Å². The summed E-state index contributed by atoms with van der Waals surface area (Å²) in [5.74, 6) is -0.426. The predicted molar refractivity (Wildman–Crippen MR) is 47.9 cm³/mol. The molecular weight excluding hydrogens is 210 g/mol. The van der Waals surface area contributed by atoms with E-state index in [0.29, 0.717) is 0 Å². The Labute approximate surface area is 81.3 Å². The van der Waals surface area contributed by atoms with Gasteiger partial charge in [0.1, 0.15) is 6.04 Å². The summed E-state index contributed by atoms with van der Waals surface area (Å²) in [5.41, 5.74) is 0. The van der Waals surface area contributed by atoms with Crippen molar-refractivity contribution in [2.75, 3.05) is 12.8 Å². The molecule has 0 aliphatic carbocycles. The molecule has 0 radical (unpaired) electrons. The van der Waals surface area contributed by atoms with Crippen molar-refractivity contribution in [2.24, 2.45) is 0 Å². The topological polar surface area (TPSA) is 104 Å². The molecule has 80 valence electrons. The second kappa shape index (κ2) is 3.93. The van der Waals surface area contributed by atoms with Crippen LogP contribution < -0.4 is 15.4 Å². The summed E-state index contributed by atoms with van der Waals surface area (Å²) in [4.78, 5) is 21.6. The van der Waals surface area contributed by atoms with Crippen LogP contribution in [-0.2, 0) is 14.8 Å². The summed E-state index contributed by atoms with van der Waals surface area (Å²) in [7, 11) is -3.24. The SMILES string of the molecule is CS(=O)(=O)NCCC1NC(=O)NC1=O. The van der Waals surface area contributed by atoms with Gasteiger partial charge in [-0.2, -0.15) is 0 Å². The van der Waals surface area contributed by atoms with Gasteiger partial charge in [-0.15, -0.1) is 0 Å². The largest absolute Gasteiger partial charge is 0.326 e. The van der Waals surface area contributed by atoms with Crippen LogP contribution in [0.3, 0.4) is 0 Å². The van der Waals surface area contributed by atoms with E-state index < -0.39 is 28.0 Å². The van der Waals surface area contributed by atoms with E-state index in [-0.39, 0.29) is 13.0 Å². The predicted octanol–water partition coefficient (Wildman–Crippen LogP) is -1.87. The van der Waals surface area contributed by atoms with E-state index in [1.807, 2.05) is 5.32 Å². The van der Waals surface area contributed by atoms with E-state index in [2.05, 4.69) is 10.0 Å². The van der Waals surface area contributed by atoms with Crippen LogP contribution in [0.2, 0.25) is 0 Å². The lowest BCUT2D eigenvalue weighted by Crippen LogP contribution is -2.34. The van der Waals surface area contributed by atoms with Crippen molar-refractivity contribution in [3.05, 3.63) is 0 Å². The van der Waals surface area contributed by atoms with Gasteiger partial charge in [0.2, 0.25) is 10.0 Å². The number of imide groups is 1. The van der Waals surface area contributed by atoms with Crippen LogP contribution in [0.1, 0.15) is 6.42 Å². The van der Waals surface area contributed by atoms with Crippen LogP contribution in [0.15, 0.2) is 0 Å². The van der Waals surface area contributed by atoms with Crippen molar-refractivity contribution in [3.8, 4) is 0 Å². The second-order valence-corrected chi connectivity index (χ2v) is 4.80. The number of hydrogen-bond acceptors (Lipinski definition) is 4. The Morgan fingerprint density at radius 3 is 2.50 bits per heavy atom. The fourth-order valence-corrected chi connectivity index (χ4v) is 1.54. The molecule has 0 aromatic carbocycles. The first-order chi connectivity index (χ1) is 6.38. The summed E-state index contributed by atoms with van der Waals surface area (Å²) in [6.07, 6.45) is 1.27. The number of urea groups is 1. The van der Waals surface area contributed by atoms with Crippen LogP contribution in [0.5, 0.6) is 0 Å². The van der Waals surface area contributed by atoms with E-state index in [4.69, 9.17) is 0 Å². The first kappa shape index (κ1) is 10.9. The Balaban J connectivity index is 2.33. The average Bonchev–Trinajstić information content (AvgIpc) is 2.27. The van der Waals surface area contributed by atoms with Crippen molar-refractivity contribution in [2.45, 2.75) is 12.5 Å². The molecule has 8 heteroatoms. The molecule has 0 bridgehead atoms. The van der Waals surface area contributed by atoms with Crippen LogP contribution in [0.4, 0.5) is 4.79 Å². The minimum atomic E-state index is -3.24. The summed E-state index contributed by atoms with van der Waals surface area (Å²) in [5, 5.41) is 4.40. The zero-order valence-electron chi connectivity index (χ0n) is 7.53. The molecule has 0 aromatic heterocycles. The van der Waals surface area contributed by atoms with Crippen molar-refractivity contribution in [3.63, 3.8) is 0 Å². The molecule has 3 amide bonds. The van der Waals surface area contributed by atoms with Gasteiger partial charge < -0.3 is 5.32 Å². The van der Waals surface area contributed by atoms with Gasteiger partial charge in [0, 0.05) is 6.54 Å². The lowest BCUT2D eigenvalue weighted by molar-refractivity contribution is -0.120. The molecule has 1 heterocycles. The molecule has 1 unspecified atom stereocenters. The van der Waals surface area contributed by atoms with E-state index in [1.54, 1.807) is 0 Å². The van der Waals surface area contributed by atoms with E-state index in [1.165, 1.54) is 0 Å². The van der Waals surface area contributed by atoms with Crippen LogP contribution >= 0.6 is 0 Å². The van der Waals surface area contributed by atoms with Gasteiger partial charge in [-0.3, -0.25) is 10.1 Å². The minimum absolute atomic E-state index is 0.122. The average molecular weight is 221 g/mol. The van der Waals surface area contributed by atoms with Gasteiger partial charge in [-0.1, -0.05) is 0 Å². The number of rotatable bonds is 4. The summed E-state index contributed by atoms with van der Waals surface area (Å²) in [6, 6.07) is -1.18. The highest BCUT2D eigenvalue weighted by Gasteiger charge is 2.28. The van der Waals surface area contributed by atoms with Gasteiger partial charge in [0.15, 0.2) is 0 Å². The molecular formula is C6H11N3O4S. The Kier molecular flexibility index (Phi) is 3.06. The third kappa shape index (κ3) is 3.30. The van der Waals surface area contributed by atoms with E-state index in [9.17, 15) is 18.0 Å². The van der Waals surface area contributed by atoms with Crippen molar-refractivity contribution in [1.29, 1.82) is 0 Å². The van der Waals surface area contributed by atoms with E-state index >= 15 is 0 Å². The van der Waals surface area contributed by atoms with Crippen molar-refractivity contribution in [1.82, 2.24) is 15.4 Å². The number of carbonyl (C=O) groups is 2. The molecule has 1 aliphatic rings. The Morgan fingerprint density at radius 1 is 1.43 bits per heavy atom. The zero-order valence-corrected chi connectivity index (χ0v) is 8.35. The molecule has 1 atom stereocenters. The Morgan fingerprint density at radius 2 is 2.07 bits per heavy atom. The maximum atomic E-state index is 11.0. The van der Waals surface area contributed by atoms with Crippen molar-refractivity contribution >= 4 is 22.0 Å². The quantitative estimate of drug-likeness (QED) is 0.484. The highest BCUT2D eigenvalue weighted by molar-refractivity contribution is 7.88. The second-order valence-electron chi connectivity index (χ2n) is 2.97. The number of nitrogens with one attached hydrogen (secondary N) is 3. The highest BCUT2D eigenvalue weighted by Crippen LogP contribution is 1.97. The summed E-state index contributed by atoms with van der Waals surface area (Å²) in [6.45, 7) is 0.122. The fourth-order valence-electron chi connectivity index (χ4n) is 1.05. The molecule has 3 N–H and O–H groups in total. The monoisotopic (exact) mass is 221 g/mol. The van der Waals surface area contributed by atoms with Gasteiger partial charge in [-0.05, 0) is 6.42 Å². The summed E-state index contributed by atoms with van der Waals surface area (Å²) < 4.78 is 23.5. The molecule has 0 saturated carbocycles. The van der Waals surface area contributed by atoms with Gasteiger partial charge >= 0.3 is 6.03 Å². The van der Waals surface area contributed by atoms with Gasteiger partial charge in [0.25, 0.3) is 5.91 Å². The first-order valence-electron chi connectivity index (χ1n) is 3.94. The maximum Gasteiger partial charge on any atom is 0.322 e.